The smallest absolute Gasteiger partial charge is 0.149 e. The van der Waals surface area contributed by atoms with E-state index in [4.69, 9.17) is 4.74 Å². The molecule has 0 saturated carbocycles. The molecule has 6 nitrogen and oxygen atoms in total. The van der Waals surface area contributed by atoms with Crippen LogP contribution in [0.5, 0.6) is 0 Å². The van der Waals surface area contributed by atoms with Crippen molar-refractivity contribution in [2.75, 3.05) is 38.7 Å². The van der Waals surface area contributed by atoms with E-state index in [1.165, 1.54) is 0 Å². The van der Waals surface area contributed by atoms with E-state index in [1.54, 1.807) is 6.20 Å². The maximum atomic E-state index is 9.94. The predicted octanol–water partition coefficient (Wildman–Crippen LogP) is 1.64. The summed E-state index contributed by atoms with van der Waals surface area (Å²) in [6.45, 7) is 3.83. The first-order valence-electron chi connectivity index (χ1n) is 8.18. The van der Waals surface area contributed by atoms with Gasteiger partial charge in [-0.25, -0.2) is 0 Å². The summed E-state index contributed by atoms with van der Waals surface area (Å²) in [7, 11) is 2.02. The molecule has 1 aromatic heterocycles. The molecule has 0 spiro atoms. The van der Waals surface area contributed by atoms with Gasteiger partial charge in [-0.15, -0.1) is 5.10 Å². The second-order valence-electron chi connectivity index (χ2n) is 6.41. The number of rotatable bonds is 5. The van der Waals surface area contributed by atoms with Crippen molar-refractivity contribution in [1.82, 2.24) is 15.1 Å². The van der Waals surface area contributed by atoms with E-state index in [0.29, 0.717) is 25.6 Å². The fraction of sp³-hybridized carbons (Fsp3) is 0.444. The number of likely N-dealkylation sites (N-methyl/N-ethyl adjacent to an activating group) is 1. The van der Waals surface area contributed by atoms with Gasteiger partial charge in [-0.1, -0.05) is 30.3 Å². The molecule has 3 rings (SSSR count). The van der Waals surface area contributed by atoms with Crippen LogP contribution in [0.4, 0.5) is 5.82 Å². The minimum atomic E-state index is -0.456. The maximum absolute atomic E-state index is 9.94. The Kier molecular flexibility index (Phi) is 5.08. The van der Waals surface area contributed by atoms with Crippen molar-refractivity contribution >= 4 is 5.82 Å². The van der Waals surface area contributed by atoms with Gasteiger partial charge < -0.3 is 15.2 Å². The largest absolute Gasteiger partial charge is 0.394 e. The summed E-state index contributed by atoms with van der Waals surface area (Å²) in [4.78, 5) is 2.18. The third kappa shape index (κ3) is 3.40. The fourth-order valence-corrected chi connectivity index (χ4v) is 2.99. The van der Waals surface area contributed by atoms with Crippen molar-refractivity contribution in [2.24, 2.45) is 0 Å². The Morgan fingerprint density at radius 2 is 2.12 bits per heavy atom. The Hall–Kier alpha value is -2.02. The number of aliphatic hydroxyl groups is 1. The van der Waals surface area contributed by atoms with Crippen molar-refractivity contribution in [2.45, 2.75) is 18.5 Å². The second-order valence-corrected chi connectivity index (χ2v) is 6.41. The molecule has 0 amide bonds. The van der Waals surface area contributed by atoms with E-state index in [1.807, 2.05) is 43.4 Å². The van der Waals surface area contributed by atoms with Crippen molar-refractivity contribution in [3.8, 4) is 11.1 Å². The fourth-order valence-electron chi connectivity index (χ4n) is 2.99. The Labute approximate surface area is 142 Å². The Morgan fingerprint density at radius 1 is 1.33 bits per heavy atom. The van der Waals surface area contributed by atoms with Gasteiger partial charge in [0.1, 0.15) is 5.82 Å². The molecule has 128 valence electrons. The molecule has 1 aliphatic heterocycles. The van der Waals surface area contributed by atoms with Crippen LogP contribution in [0.3, 0.4) is 0 Å². The lowest BCUT2D eigenvalue weighted by atomic mass is 9.96. The first-order valence-corrected chi connectivity index (χ1v) is 8.18. The van der Waals surface area contributed by atoms with Crippen LogP contribution < -0.4 is 5.32 Å². The zero-order valence-corrected chi connectivity index (χ0v) is 14.1. The lowest BCUT2D eigenvalue weighted by Crippen LogP contribution is -2.64. The number of hydrogen-bond acceptors (Lipinski definition) is 6. The normalized spacial score (nSPS) is 24.7. The third-order valence-corrected chi connectivity index (χ3v) is 4.79. The van der Waals surface area contributed by atoms with E-state index in [-0.39, 0.29) is 12.6 Å². The summed E-state index contributed by atoms with van der Waals surface area (Å²) < 4.78 is 5.66. The summed E-state index contributed by atoms with van der Waals surface area (Å²) >= 11 is 0. The van der Waals surface area contributed by atoms with Gasteiger partial charge in [-0.2, -0.15) is 5.10 Å². The number of hydrogen-bond donors (Lipinski definition) is 2. The molecule has 1 aromatic carbocycles. The highest BCUT2D eigenvalue weighted by Gasteiger charge is 2.40. The predicted molar refractivity (Wildman–Crippen MR) is 93.8 cm³/mol. The Morgan fingerprint density at radius 3 is 2.88 bits per heavy atom. The number of anilines is 1. The standard InChI is InChI=1S/C18H24N4O2/c1-14-10-24-13-18(12-23,22(14)2)11-19-17-8-16(9-20-21-17)15-6-4-3-5-7-15/h3-9,14,23H,10-13H2,1-2H3,(H,19,21)/t14-,18+/m1/s1. The second kappa shape index (κ2) is 7.25. The van der Waals surface area contributed by atoms with Crippen LogP contribution in [-0.4, -0.2) is 65.2 Å². The summed E-state index contributed by atoms with van der Waals surface area (Å²) in [5, 5.41) is 21.5. The lowest BCUT2D eigenvalue weighted by molar-refractivity contribution is -0.101. The molecule has 0 aliphatic carbocycles. The average molecular weight is 328 g/mol. The minimum absolute atomic E-state index is 0.0205. The molecule has 1 aliphatic rings. The Balaban J connectivity index is 1.74. The molecule has 2 heterocycles. The molecule has 1 fully saturated rings. The molecule has 2 atom stereocenters. The van der Waals surface area contributed by atoms with Gasteiger partial charge in [0.25, 0.3) is 0 Å². The summed E-state index contributed by atoms with van der Waals surface area (Å²) in [5.74, 6) is 0.691. The number of aliphatic hydroxyl groups excluding tert-OH is 1. The van der Waals surface area contributed by atoms with Crippen molar-refractivity contribution in [3.63, 3.8) is 0 Å². The number of nitrogens with one attached hydrogen (secondary N) is 1. The van der Waals surface area contributed by atoms with Gasteiger partial charge in [-0.3, -0.25) is 4.90 Å². The van der Waals surface area contributed by atoms with E-state index >= 15 is 0 Å². The molecule has 6 heteroatoms. The molecule has 2 N–H and O–H groups in total. The first-order chi connectivity index (χ1) is 11.6. The first kappa shape index (κ1) is 16.8. The highest BCUT2D eigenvalue weighted by atomic mass is 16.5. The maximum Gasteiger partial charge on any atom is 0.149 e. The zero-order chi connectivity index (χ0) is 17.0. The van der Waals surface area contributed by atoms with Crippen LogP contribution in [0.15, 0.2) is 42.6 Å². The van der Waals surface area contributed by atoms with Crippen molar-refractivity contribution in [1.29, 1.82) is 0 Å². The van der Waals surface area contributed by atoms with E-state index < -0.39 is 5.54 Å². The van der Waals surface area contributed by atoms with E-state index in [0.717, 1.165) is 11.1 Å². The van der Waals surface area contributed by atoms with Crippen LogP contribution in [-0.2, 0) is 4.74 Å². The molecule has 24 heavy (non-hydrogen) atoms. The minimum Gasteiger partial charge on any atom is -0.394 e. The molecule has 0 bridgehead atoms. The van der Waals surface area contributed by atoms with Crippen LogP contribution in [0.1, 0.15) is 6.92 Å². The molecular weight excluding hydrogens is 304 g/mol. The summed E-state index contributed by atoms with van der Waals surface area (Å²) in [6, 6.07) is 12.3. The van der Waals surface area contributed by atoms with Gasteiger partial charge in [-0.05, 0) is 25.6 Å². The number of aromatic nitrogens is 2. The van der Waals surface area contributed by atoms with Crippen LogP contribution >= 0.6 is 0 Å². The van der Waals surface area contributed by atoms with Crippen LogP contribution in [0, 0.1) is 0 Å². The zero-order valence-electron chi connectivity index (χ0n) is 14.1. The van der Waals surface area contributed by atoms with Crippen LogP contribution in [0.2, 0.25) is 0 Å². The van der Waals surface area contributed by atoms with Gasteiger partial charge in [0.05, 0.1) is 31.6 Å². The van der Waals surface area contributed by atoms with Gasteiger partial charge in [0.2, 0.25) is 0 Å². The highest BCUT2D eigenvalue weighted by molar-refractivity contribution is 5.65. The molecule has 1 saturated heterocycles. The lowest BCUT2D eigenvalue weighted by Gasteiger charge is -2.47. The van der Waals surface area contributed by atoms with Gasteiger partial charge >= 0.3 is 0 Å². The quantitative estimate of drug-likeness (QED) is 0.869. The van der Waals surface area contributed by atoms with Crippen LogP contribution in [0.25, 0.3) is 11.1 Å². The number of nitrogens with zero attached hydrogens (tertiary/aromatic N) is 3. The van der Waals surface area contributed by atoms with E-state index in [9.17, 15) is 5.11 Å². The molecular formula is C18H24N4O2. The molecule has 0 unspecified atom stereocenters. The highest BCUT2D eigenvalue weighted by Crippen LogP contribution is 2.24. The molecule has 2 aromatic rings. The topological polar surface area (TPSA) is 70.5 Å². The van der Waals surface area contributed by atoms with Gasteiger partial charge in [0, 0.05) is 18.2 Å². The Bertz CT molecular complexity index is 667. The number of ether oxygens (including phenoxy) is 1. The average Bonchev–Trinajstić information content (AvgIpc) is 2.64. The number of benzene rings is 1. The number of morpholine rings is 1. The third-order valence-electron chi connectivity index (χ3n) is 4.79. The SMILES string of the molecule is C[C@@H]1COC[C@@](CO)(CNc2cc(-c3ccccc3)cnn2)N1C. The van der Waals surface area contributed by atoms with Crippen molar-refractivity contribution in [3.05, 3.63) is 42.6 Å². The summed E-state index contributed by atoms with van der Waals surface area (Å²) in [5.41, 5.74) is 1.65. The summed E-state index contributed by atoms with van der Waals surface area (Å²) in [6.07, 6.45) is 1.75. The van der Waals surface area contributed by atoms with Crippen molar-refractivity contribution < 1.29 is 9.84 Å². The van der Waals surface area contributed by atoms with Gasteiger partial charge in [0.15, 0.2) is 0 Å². The molecule has 0 radical (unpaired) electrons. The van der Waals surface area contributed by atoms with E-state index in [2.05, 4.69) is 27.3 Å². The monoisotopic (exact) mass is 328 g/mol.